The van der Waals surface area contributed by atoms with Gasteiger partial charge in [-0.2, -0.15) is 4.37 Å². The fourth-order valence-electron chi connectivity index (χ4n) is 0.392. The average molecular weight is 222 g/mol. The second-order valence-electron chi connectivity index (χ2n) is 1.42. The van der Waals surface area contributed by atoms with Crippen molar-refractivity contribution in [3.63, 3.8) is 0 Å². The molecule has 0 fully saturated rings. The first-order chi connectivity index (χ1) is 4.63. The summed E-state index contributed by atoms with van der Waals surface area (Å²) >= 11 is 11.6. The third-order valence-corrected chi connectivity index (χ3v) is 2.58. The molecule has 1 N–H and O–H groups in total. The summed E-state index contributed by atoms with van der Waals surface area (Å²) in [4.78, 5) is 10.2. The van der Waals surface area contributed by atoms with Crippen LogP contribution in [0.2, 0.25) is 10.2 Å². The van der Waals surface area contributed by atoms with Crippen molar-refractivity contribution in [3.05, 3.63) is 15.1 Å². The van der Waals surface area contributed by atoms with Gasteiger partial charge in [-0.1, -0.05) is 23.2 Å². The molecule has 1 heterocycles. The number of aromatic nitrogens is 1. The maximum absolute atomic E-state index is 10.3. The van der Waals surface area contributed by atoms with Gasteiger partial charge in [0.05, 0.1) is 0 Å². The minimum Gasteiger partial charge on any atom is -1.00 e. The molecular formula is C4H2Cl2NNaO2S. The van der Waals surface area contributed by atoms with Gasteiger partial charge in [0.25, 0.3) is 0 Å². The minimum atomic E-state index is -1.10. The second kappa shape index (κ2) is 4.64. The number of rotatable bonds is 1. The molecule has 0 bridgehead atoms. The Morgan fingerprint density at radius 2 is 2.18 bits per heavy atom. The fraction of sp³-hybridized carbons (Fsp3) is 0. The molecule has 11 heavy (non-hydrogen) atoms. The molecule has 0 spiro atoms. The van der Waals surface area contributed by atoms with Crippen LogP contribution < -0.4 is 29.6 Å². The number of carboxylic acids is 1. The van der Waals surface area contributed by atoms with E-state index >= 15 is 0 Å². The zero-order chi connectivity index (χ0) is 7.72. The fourth-order valence-corrected chi connectivity index (χ4v) is 1.44. The average Bonchev–Trinajstić information content (AvgIpc) is 2.14. The number of nitrogens with zero attached hydrogens (tertiary/aromatic N) is 1. The van der Waals surface area contributed by atoms with E-state index in [9.17, 15) is 4.79 Å². The Bertz CT molecular complexity index is 282. The number of aromatic carboxylic acids is 1. The molecule has 0 unspecified atom stereocenters. The molecule has 1 rings (SSSR count). The summed E-state index contributed by atoms with van der Waals surface area (Å²) in [6, 6.07) is 0. The summed E-state index contributed by atoms with van der Waals surface area (Å²) in [6.07, 6.45) is 0. The molecule has 3 nitrogen and oxygen atoms in total. The molecule has 0 aliphatic rings. The smallest absolute Gasteiger partial charge is 1.00 e. The maximum atomic E-state index is 10.3. The minimum absolute atomic E-state index is 0. The summed E-state index contributed by atoms with van der Waals surface area (Å²) in [6.45, 7) is 0. The third-order valence-electron chi connectivity index (χ3n) is 0.792. The molecule has 1 aromatic rings. The number of carboxylic acid groups (broad SMARTS) is 1. The van der Waals surface area contributed by atoms with Crippen molar-refractivity contribution >= 4 is 40.7 Å². The Morgan fingerprint density at radius 3 is 2.36 bits per heavy atom. The van der Waals surface area contributed by atoms with Crippen LogP contribution in [0, 0.1) is 0 Å². The van der Waals surface area contributed by atoms with Gasteiger partial charge in [-0.25, -0.2) is 4.79 Å². The van der Waals surface area contributed by atoms with Gasteiger partial charge in [0, 0.05) is 0 Å². The predicted molar refractivity (Wildman–Crippen MR) is 40.2 cm³/mol. The molecule has 56 valence electrons. The van der Waals surface area contributed by atoms with Gasteiger partial charge in [-0.05, 0) is 11.5 Å². The van der Waals surface area contributed by atoms with Crippen molar-refractivity contribution in [2.75, 3.05) is 0 Å². The van der Waals surface area contributed by atoms with Gasteiger partial charge < -0.3 is 6.53 Å². The van der Waals surface area contributed by atoms with Crippen molar-refractivity contribution in [2.24, 2.45) is 0 Å². The van der Waals surface area contributed by atoms with Gasteiger partial charge >= 0.3 is 35.5 Å². The quantitative estimate of drug-likeness (QED) is 0.637. The van der Waals surface area contributed by atoms with Crippen LogP contribution in [-0.2, 0) is 0 Å². The van der Waals surface area contributed by atoms with Gasteiger partial charge in [0.1, 0.15) is 5.02 Å². The number of hydrogen-bond donors (Lipinski definition) is 1. The SMILES string of the molecule is O=C(O)c1snc(Cl)c1Cl.[H-].[Na+]. The third kappa shape index (κ3) is 2.57. The van der Waals surface area contributed by atoms with Crippen LogP contribution in [0.5, 0.6) is 0 Å². The number of halogens is 2. The van der Waals surface area contributed by atoms with E-state index in [4.69, 9.17) is 28.3 Å². The summed E-state index contributed by atoms with van der Waals surface area (Å²) in [5.74, 6) is -1.10. The molecule has 0 saturated carbocycles. The Balaban J connectivity index is 0. The van der Waals surface area contributed by atoms with Crippen LogP contribution in [0.25, 0.3) is 0 Å². The van der Waals surface area contributed by atoms with E-state index in [2.05, 4.69) is 4.37 Å². The van der Waals surface area contributed by atoms with E-state index in [-0.39, 0.29) is 46.0 Å². The number of carbonyl (C=O) groups is 1. The first kappa shape index (κ1) is 11.7. The van der Waals surface area contributed by atoms with Crippen molar-refractivity contribution in [1.82, 2.24) is 4.37 Å². The Morgan fingerprint density at radius 1 is 1.64 bits per heavy atom. The monoisotopic (exact) mass is 221 g/mol. The Labute approximate surface area is 100 Å². The predicted octanol–water partition coefficient (Wildman–Crippen LogP) is -0.735. The topological polar surface area (TPSA) is 50.2 Å². The van der Waals surface area contributed by atoms with Gasteiger partial charge in [0.2, 0.25) is 0 Å². The summed E-state index contributed by atoms with van der Waals surface area (Å²) < 4.78 is 3.53. The van der Waals surface area contributed by atoms with E-state index in [1.807, 2.05) is 0 Å². The molecule has 0 aliphatic heterocycles. The van der Waals surface area contributed by atoms with E-state index in [1.54, 1.807) is 0 Å². The molecule has 0 radical (unpaired) electrons. The first-order valence-corrected chi connectivity index (χ1v) is 3.70. The standard InChI is InChI=1S/C4HCl2NO2S.Na.H/c5-1-2(4(8)9)10-7-3(1)6;;/h(H,8,9);;/q;+1;-1. The molecule has 0 atom stereocenters. The molecule has 7 heteroatoms. The molecule has 0 aliphatic carbocycles. The molecule has 1 aromatic heterocycles. The van der Waals surface area contributed by atoms with Crippen molar-refractivity contribution < 1.29 is 40.9 Å². The van der Waals surface area contributed by atoms with Crippen molar-refractivity contribution in [3.8, 4) is 0 Å². The van der Waals surface area contributed by atoms with Gasteiger partial charge in [0.15, 0.2) is 10.0 Å². The zero-order valence-electron chi connectivity index (χ0n) is 6.47. The maximum Gasteiger partial charge on any atom is 1.00 e. The van der Waals surface area contributed by atoms with Crippen LogP contribution in [0.15, 0.2) is 0 Å². The molecular weight excluding hydrogens is 220 g/mol. The zero-order valence-corrected chi connectivity index (χ0v) is 9.80. The summed E-state index contributed by atoms with van der Waals surface area (Å²) in [7, 11) is 0. The van der Waals surface area contributed by atoms with Crippen molar-refractivity contribution in [1.29, 1.82) is 0 Å². The normalized spacial score (nSPS) is 8.91. The van der Waals surface area contributed by atoms with Crippen LogP contribution in [0.1, 0.15) is 11.1 Å². The van der Waals surface area contributed by atoms with Crippen LogP contribution in [-0.4, -0.2) is 15.4 Å². The first-order valence-electron chi connectivity index (χ1n) is 2.17. The summed E-state index contributed by atoms with van der Waals surface area (Å²) in [5, 5.41) is 8.46. The van der Waals surface area contributed by atoms with Gasteiger partial charge in [-0.15, -0.1) is 0 Å². The van der Waals surface area contributed by atoms with Crippen LogP contribution in [0.4, 0.5) is 0 Å². The molecule has 0 amide bonds. The van der Waals surface area contributed by atoms with E-state index in [0.717, 1.165) is 11.5 Å². The largest absolute Gasteiger partial charge is 1.00 e. The summed E-state index contributed by atoms with van der Waals surface area (Å²) in [5.41, 5.74) is 0. The van der Waals surface area contributed by atoms with Crippen molar-refractivity contribution in [2.45, 2.75) is 0 Å². The molecule has 0 aromatic carbocycles. The van der Waals surface area contributed by atoms with Crippen LogP contribution >= 0.6 is 34.7 Å². The Hall–Kier alpha value is 0.680. The van der Waals surface area contributed by atoms with E-state index in [1.165, 1.54) is 0 Å². The van der Waals surface area contributed by atoms with E-state index < -0.39 is 5.97 Å². The second-order valence-corrected chi connectivity index (χ2v) is 2.93. The Kier molecular flexibility index (Phi) is 4.93. The number of hydrogen-bond acceptors (Lipinski definition) is 3. The van der Waals surface area contributed by atoms with Gasteiger partial charge in [-0.3, -0.25) is 0 Å². The van der Waals surface area contributed by atoms with E-state index in [0.29, 0.717) is 0 Å². The molecule has 0 saturated heterocycles. The van der Waals surface area contributed by atoms with Crippen LogP contribution in [0.3, 0.4) is 0 Å².